The number of hydroxylamine groups is 1. The van der Waals surface area contributed by atoms with Crippen LogP contribution in [0, 0.1) is 0 Å². The van der Waals surface area contributed by atoms with Gasteiger partial charge in [-0.15, -0.1) is 0 Å². The lowest BCUT2D eigenvalue weighted by molar-refractivity contribution is -0.150. The van der Waals surface area contributed by atoms with Crippen LogP contribution >= 0.6 is 0 Å². The highest BCUT2D eigenvalue weighted by atomic mass is 16.7. The summed E-state index contributed by atoms with van der Waals surface area (Å²) in [4.78, 5) is 29.4. The molecular formula is C20H18N2O4. The van der Waals surface area contributed by atoms with Crippen molar-refractivity contribution in [3.63, 3.8) is 0 Å². The molecule has 0 saturated carbocycles. The van der Waals surface area contributed by atoms with Gasteiger partial charge in [0.25, 0.3) is 5.91 Å². The van der Waals surface area contributed by atoms with Gasteiger partial charge in [0.1, 0.15) is 5.75 Å². The molecule has 132 valence electrons. The summed E-state index contributed by atoms with van der Waals surface area (Å²) in [6.45, 7) is 1.64. The third kappa shape index (κ3) is 3.59. The molecule has 0 unspecified atom stereocenters. The number of hydrogen-bond acceptors (Lipinski definition) is 5. The highest BCUT2D eigenvalue weighted by Gasteiger charge is 2.19. The normalized spacial score (nSPS) is 11.7. The minimum absolute atomic E-state index is 0.106. The molecule has 0 fully saturated rings. The zero-order valence-electron chi connectivity index (χ0n) is 14.1. The molecule has 0 aliphatic rings. The van der Waals surface area contributed by atoms with Crippen LogP contribution in [0.3, 0.4) is 0 Å². The first kappa shape index (κ1) is 17.3. The average molecular weight is 350 g/mol. The standard InChI is InChI=1S/C20H18N2O4/c1-12(13-6-8-16(23)9-7-13)20(25)26-22-19(24)17-10-14-4-2-3-5-15(14)11-18(17)21/h2-12,23H,21H2,1H3,(H,22,24)/t12-/m0/s1. The van der Waals surface area contributed by atoms with Gasteiger partial charge in [-0.3, -0.25) is 4.79 Å². The number of rotatable bonds is 3. The van der Waals surface area contributed by atoms with E-state index in [1.165, 1.54) is 12.1 Å². The predicted molar refractivity (Wildman–Crippen MR) is 98.4 cm³/mol. The number of benzene rings is 3. The van der Waals surface area contributed by atoms with Crippen LogP contribution in [-0.2, 0) is 9.63 Å². The molecule has 3 rings (SSSR count). The third-order valence-electron chi connectivity index (χ3n) is 4.15. The summed E-state index contributed by atoms with van der Waals surface area (Å²) in [5.74, 6) is -1.72. The van der Waals surface area contributed by atoms with E-state index in [2.05, 4.69) is 5.48 Å². The Morgan fingerprint density at radius 2 is 1.65 bits per heavy atom. The molecular weight excluding hydrogens is 332 g/mol. The van der Waals surface area contributed by atoms with Crippen molar-refractivity contribution in [2.45, 2.75) is 12.8 Å². The van der Waals surface area contributed by atoms with E-state index >= 15 is 0 Å². The molecule has 0 aliphatic heterocycles. The fourth-order valence-corrected chi connectivity index (χ4v) is 2.59. The lowest BCUT2D eigenvalue weighted by Gasteiger charge is -2.13. The summed E-state index contributed by atoms with van der Waals surface area (Å²) < 4.78 is 0. The fourth-order valence-electron chi connectivity index (χ4n) is 2.59. The summed E-state index contributed by atoms with van der Waals surface area (Å²) in [7, 11) is 0. The summed E-state index contributed by atoms with van der Waals surface area (Å²) in [6, 6.07) is 17.0. The Morgan fingerprint density at radius 1 is 1.04 bits per heavy atom. The monoisotopic (exact) mass is 350 g/mol. The largest absolute Gasteiger partial charge is 0.508 e. The molecule has 4 N–H and O–H groups in total. The fraction of sp³-hybridized carbons (Fsp3) is 0.100. The molecule has 0 heterocycles. The molecule has 0 bridgehead atoms. The minimum atomic E-state index is -0.622. The number of hydrogen-bond donors (Lipinski definition) is 3. The van der Waals surface area contributed by atoms with Crippen LogP contribution in [0.25, 0.3) is 10.8 Å². The van der Waals surface area contributed by atoms with Gasteiger partial charge in [0.2, 0.25) is 0 Å². The lowest BCUT2D eigenvalue weighted by atomic mass is 10.0. The van der Waals surface area contributed by atoms with Gasteiger partial charge in [0.15, 0.2) is 0 Å². The predicted octanol–water partition coefficient (Wildman–Crippen LogP) is 3.12. The summed E-state index contributed by atoms with van der Waals surface area (Å²) in [5.41, 5.74) is 9.27. The summed E-state index contributed by atoms with van der Waals surface area (Å²) in [5, 5.41) is 11.1. The van der Waals surface area contributed by atoms with Crippen LogP contribution in [0.5, 0.6) is 5.75 Å². The molecule has 1 atom stereocenters. The maximum absolute atomic E-state index is 12.3. The smallest absolute Gasteiger partial charge is 0.339 e. The molecule has 3 aromatic rings. The number of phenolic OH excluding ortho intramolecular Hbond substituents is 1. The second kappa shape index (κ2) is 7.14. The van der Waals surface area contributed by atoms with Crippen LogP contribution in [0.1, 0.15) is 28.8 Å². The quantitative estimate of drug-likeness (QED) is 0.498. The summed E-state index contributed by atoms with van der Waals surface area (Å²) in [6.07, 6.45) is 0. The number of amides is 1. The first-order chi connectivity index (χ1) is 12.5. The van der Waals surface area contributed by atoms with Crippen molar-refractivity contribution in [2.75, 3.05) is 5.73 Å². The van der Waals surface area contributed by atoms with Gasteiger partial charge in [-0.1, -0.05) is 36.4 Å². The van der Waals surface area contributed by atoms with Gasteiger partial charge in [0, 0.05) is 5.69 Å². The molecule has 6 nitrogen and oxygen atoms in total. The van der Waals surface area contributed by atoms with Gasteiger partial charge in [-0.25, -0.2) is 4.79 Å². The van der Waals surface area contributed by atoms with Gasteiger partial charge < -0.3 is 15.7 Å². The minimum Gasteiger partial charge on any atom is -0.508 e. The maximum atomic E-state index is 12.3. The van der Waals surface area contributed by atoms with Crippen molar-refractivity contribution in [3.8, 4) is 5.75 Å². The zero-order chi connectivity index (χ0) is 18.7. The topological polar surface area (TPSA) is 102 Å². The van der Waals surface area contributed by atoms with E-state index in [1.54, 1.807) is 31.2 Å². The van der Waals surface area contributed by atoms with E-state index < -0.39 is 17.8 Å². The number of nitrogens with one attached hydrogen (secondary N) is 1. The Kier molecular flexibility index (Phi) is 4.75. The number of nitrogen functional groups attached to an aromatic ring is 1. The first-order valence-electron chi connectivity index (χ1n) is 8.04. The number of carbonyl (C=O) groups excluding carboxylic acids is 2. The Labute approximate surface area is 150 Å². The highest BCUT2D eigenvalue weighted by molar-refractivity contribution is 6.03. The number of aromatic hydroxyl groups is 1. The maximum Gasteiger partial charge on any atom is 0.339 e. The summed E-state index contributed by atoms with van der Waals surface area (Å²) >= 11 is 0. The second-order valence-electron chi connectivity index (χ2n) is 5.95. The van der Waals surface area contributed by atoms with Gasteiger partial charge in [-0.05, 0) is 47.5 Å². The van der Waals surface area contributed by atoms with Gasteiger partial charge in [0.05, 0.1) is 11.5 Å². The Morgan fingerprint density at radius 3 is 2.31 bits per heavy atom. The van der Waals surface area contributed by atoms with Gasteiger partial charge >= 0.3 is 5.97 Å². The van der Waals surface area contributed by atoms with Crippen molar-refractivity contribution < 1.29 is 19.5 Å². The SMILES string of the molecule is C[C@H](C(=O)ONC(=O)c1cc2ccccc2cc1N)c1ccc(O)cc1. The van der Waals surface area contributed by atoms with Crippen molar-refractivity contribution in [2.24, 2.45) is 0 Å². The molecule has 1 amide bonds. The Balaban J connectivity index is 1.69. The highest BCUT2D eigenvalue weighted by Crippen LogP contribution is 2.22. The van der Waals surface area contributed by atoms with E-state index in [9.17, 15) is 14.7 Å². The van der Waals surface area contributed by atoms with E-state index in [4.69, 9.17) is 10.6 Å². The van der Waals surface area contributed by atoms with Crippen LogP contribution in [0.15, 0.2) is 60.7 Å². The first-order valence-corrected chi connectivity index (χ1v) is 8.04. The van der Waals surface area contributed by atoms with Gasteiger partial charge in [-0.2, -0.15) is 5.48 Å². The van der Waals surface area contributed by atoms with Crippen LogP contribution < -0.4 is 11.2 Å². The Bertz CT molecular complexity index is 967. The second-order valence-corrected chi connectivity index (χ2v) is 5.95. The Hall–Kier alpha value is -3.54. The molecule has 0 aromatic heterocycles. The van der Waals surface area contributed by atoms with Crippen molar-refractivity contribution in [1.82, 2.24) is 5.48 Å². The van der Waals surface area contributed by atoms with E-state index in [0.717, 1.165) is 10.8 Å². The van der Waals surface area contributed by atoms with Crippen molar-refractivity contribution in [3.05, 3.63) is 71.8 Å². The number of carbonyl (C=O) groups is 2. The molecule has 3 aromatic carbocycles. The molecule has 0 aliphatic carbocycles. The third-order valence-corrected chi connectivity index (χ3v) is 4.15. The van der Waals surface area contributed by atoms with Crippen LogP contribution in [0.2, 0.25) is 0 Å². The zero-order valence-corrected chi connectivity index (χ0v) is 14.1. The van der Waals surface area contributed by atoms with E-state index in [-0.39, 0.29) is 11.3 Å². The van der Waals surface area contributed by atoms with Crippen LogP contribution in [0.4, 0.5) is 5.69 Å². The molecule has 6 heteroatoms. The van der Waals surface area contributed by atoms with E-state index in [0.29, 0.717) is 11.3 Å². The number of fused-ring (bicyclic) bond motifs is 1. The molecule has 26 heavy (non-hydrogen) atoms. The molecule has 0 saturated heterocycles. The number of anilines is 1. The van der Waals surface area contributed by atoms with Crippen LogP contribution in [-0.4, -0.2) is 17.0 Å². The number of phenols is 1. The average Bonchev–Trinajstić information content (AvgIpc) is 2.65. The molecule has 0 spiro atoms. The molecule has 0 radical (unpaired) electrons. The van der Waals surface area contributed by atoms with Crippen molar-refractivity contribution >= 4 is 28.3 Å². The van der Waals surface area contributed by atoms with E-state index in [1.807, 2.05) is 24.3 Å². The lowest BCUT2D eigenvalue weighted by Crippen LogP contribution is -2.29. The van der Waals surface area contributed by atoms with Crippen molar-refractivity contribution in [1.29, 1.82) is 0 Å². The number of nitrogens with two attached hydrogens (primary N) is 1.